The highest BCUT2D eigenvalue weighted by Crippen LogP contribution is 2.35. The predicted molar refractivity (Wildman–Crippen MR) is 34.1 cm³/mol. The molecule has 0 aromatic carbocycles. The van der Waals surface area contributed by atoms with Gasteiger partial charge in [0.1, 0.15) is 5.78 Å². The molecule has 1 aliphatic heterocycles. The first-order chi connectivity index (χ1) is 4.36. The lowest BCUT2D eigenvalue weighted by Gasteiger charge is -2.03. The number of nitrogens with one attached hydrogen (secondary N) is 1. The molecule has 50 valence electrons. The van der Waals surface area contributed by atoms with E-state index in [0.29, 0.717) is 18.4 Å². The molecular formula is C7H11NO. The van der Waals surface area contributed by atoms with Crippen LogP contribution in [0.15, 0.2) is 0 Å². The Morgan fingerprint density at radius 3 is 2.67 bits per heavy atom. The fourth-order valence-electron chi connectivity index (χ4n) is 1.47. The summed E-state index contributed by atoms with van der Waals surface area (Å²) in [6.07, 6.45) is 3.47. The van der Waals surface area contributed by atoms with Gasteiger partial charge in [0.15, 0.2) is 0 Å². The van der Waals surface area contributed by atoms with Crippen molar-refractivity contribution in [3.63, 3.8) is 0 Å². The third-order valence-corrected chi connectivity index (χ3v) is 2.20. The van der Waals surface area contributed by atoms with Crippen molar-refractivity contribution in [3.05, 3.63) is 0 Å². The zero-order valence-corrected chi connectivity index (χ0v) is 5.39. The summed E-state index contributed by atoms with van der Waals surface area (Å²) >= 11 is 0. The van der Waals surface area contributed by atoms with Gasteiger partial charge in [-0.15, -0.1) is 0 Å². The van der Waals surface area contributed by atoms with Crippen molar-refractivity contribution in [2.24, 2.45) is 5.92 Å². The van der Waals surface area contributed by atoms with Crippen LogP contribution in [0.4, 0.5) is 0 Å². The molecular weight excluding hydrogens is 114 g/mol. The van der Waals surface area contributed by atoms with Crippen LogP contribution < -0.4 is 5.32 Å². The van der Waals surface area contributed by atoms with E-state index in [-0.39, 0.29) is 0 Å². The second-order valence-corrected chi connectivity index (χ2v) is 3.07. The number of carbonyl (C=O) groups is 1. The number of hydrogen-bond donors (Lipinski definition) is 1. The van der Waals surface area contributed by atoms with E-state index in [0.717, 1.165) is 12.3 Å². The summed E-state index contributed by atoms with van der Waals surface area (Å²) in [4.78, 5) is 10.7. The van der Waals surface area contributed by atoms with Crippen molar-refractivity contribution in [1.29, 1.82) is 0 Å². The van der Waals surface area contributed by atoms with Crippen molar-refractivity contribution < 1.29 is 4.79 Å². The molecule has 1 unspecified atom stereocenters. The molecule has 0 aromatic heterocycles. The van der Waals surface area contributed by atoms with Crippen LogP contribution in [-0.4, -0.2) is 18.4 Å². The topological polar surface area (TPSA) is 29.1 Å². The molecule has 1 aliphatic carbocycles. The maximum absolute atomic E-state index is 10.7. The normalized spacial score (nSPS) is 35.6. The summed E-state index contributed by atoms with van der Waals surface area (Å²) < 4.78 is 0. The van der Waals surface area contributed by atoms with Crippen molar-refractivity contribution >= 4 is 5.78 Å². The van der Waals surface area contributed by atoms with E-state index in [4.69, 9.17) is 0 Å². The second kappa shape index (κ2) is 1.81. The molecule has 0 amide bonds. The van der Waals surface area contributed by atoms with Crippen LogP contribution in [0, 0.1) is 5.92 Å². The molecule has 1 saturated carbocycles. The number of hydrogen-bond acceptors (Lipinski definition) is 2. The van der Waals surface area contributed by atoms with Crippen LogP contribution in [0.3, 0.4) is 0 Å². The standard InChI is InChI=1S/C7H11NO/c9-6-3-7(8-4-6)5-1-2-5/h5,7-8H,1-4H2. The first kappa shape index (κ1) is 5.42. The number of carbonyl (C=O) groups excluding carboxylic acids is 1. The molecule has 1 N–H and O–H groups in total. The number of rotatable bonds is 1. The summed E-state index contributed by atoms with van der Waals surface area (Å²) in [6.45, 7) is 0.626. The van der Waals surface area contributed by atoms with E-state index in [2.05, 4.69) is 5.32 Å². The molecule has 1 atom stereocenters. The molecule has 0 bridgehead atoms. The lowest BCUT2D eigenvalue weighted by atomic mass is 10.1. The summed E-state index contributed by atoms with van der Waals surface area (Å²) in [6, 6.07) is 0.553. The minimum absolute atomic E-state index is 0.395. The van der Waals surface area contributed by atoms with Crippen molar-refractivity contribution in [2.75, 3.05) is 6.54 Å². The van der Waals surface area contributed by atoms with E-state index in [1.54, 1.807) is 0 Å². The van der Waals surface area contributed by atoms with Crippen molar-refractivity contribution in [2.45, 2.75) is 25.3 Å². The Hall–Kier alpha value is -0.370. The fraction of sp³-hybridized carbons (Fsp3) is 0.857. The van der Waals surface area contributed by atoms with Crippen LogP contribution in [0.25, 0.3) is 0 Å². The third-order valence-electron chi connectivity index (χ3n) is 2.20. The van der Waals surface area contributed by atoms with Gasteiger partial charge < -0.3 is 5.32 Å². The Morgan fingerprint density at radius 1 is 1.44 bits per heavy atom. The van der Waals surface area contributed by atoms with Crippen molar-refractivity contribution in [3.8, 4) is 0 Å². The maximum Gasteiger partial charge on any atom is 0.148 e. The largest absolute Gasteiger partial charge is 0.306 e. The minimum Gasteiger partial charge on any atom is -0.306 e. The van der Waals surface area contributed by atoms with Gasteiger partial charge in [0, 0.05) is 12.5 Å². The first-order valence-corrected chi connectivity index (χ1v) is 3.61. The zero-order chi connectivity index (χ0) is 6.27. The predicted octanol–water partition coefficient (Wildman–Crippen LogP) is 0.327. The third kappa shape index (κ3) is 0.990. The fourth-order valence-corrected chi connectivity index (χ4v) is 1.47. The van der Waals surface area contributed by atoms with E-state index < -0.39 is 0 Å². The molecule has 9 heavy (non-hydrogen) atoms. The van der Waals surface area contributed by atoms with Gasteiger partial charge in [-0.2, -0.15) is 0 Å². The molecule has 2 aliphatic rings. The first-order valence-electron chi connectivity index (χ1n) is 3.61. The molecule has 2 rings (SSSR count). The quantitative estimate of drug-likeness (QED) is 0.547. The SMILES string of the molecule is O=C1CNC(C2CC2)C1. The highest BCUT2D eigenvalue weighted by Gasteiger charge is 2.35. The van der Waals surface area contributed by atoms with Crippen LogP contribution in [-0.2, 0) is 4.79 Å². The molecule has 0 radical (unpaired) electrons. The molecule has 2 heteroatoms. The van der Waals surface area contributed by atoms with Gasteiger partial charge in [0.25, 0.3) is 0 Å². The Bertz CT molecular complexity index is 140. The summed E-state index contributed by atoms with van der Waals surface area (Å²) in [7, 11) is 0. The van der Waals surface area contributed by atoms with Crippen LogP contribution in [0.1, 0.15) is 19.3 Å². The van der Waals surface area contributed by atoms with E-state index in [9.17, 15) is 4.79 Å². The Kier molecular flexibility index (Phi) is 1.09. The van der Waals surface area contributed by atoms with E-state index in [1.165, 1.54) is 12.8 Å². The van der Waals surface area contributed by atoms with E-state index >= 15 is 0 Å². The molecule has 1 heterocycles. The monoisotopic (exact) mass is 125 g/mol. The maximum atomic E-state index is 10.7. The van der Waals surface area contributed by atoms with Crippen LogP contribution in [0.2, 0.25) is 0 Å². The van der Waals surface area contributed by atoms with Gasteiger partial charge >= 0.3 is 0 Å². The smallest absolute Gasteiger partial charge is 0.148 e. The van der Waals surface area contributed by atoms with Gasteiger partial charge in [-0.05, 0) is 18.8 Å². The van der Waals surface area contributed by atoms with Crippen LogP contribution in [0.5, 0.6) is 0 Å². The average molecular weight is 125 g/mol. The van der Waals surface area contributed by atoms with Gasteiger partial charge in [-0.3, -0.25) is 4.79 Å². The van der Waals surface area contributed by atoms with E-state index in [1.807, 2.05) is 0 Å². The summed E-state index contributed by atoms with van der Waals surface area (Å²) in [5, 5.41) is 3.22. The molecule has 2 nitrogen and oxygen atoms in total. The highest BCUT2D eigenvalue weighted by atomic mass is 16.1. The highest BCUT2D eigenvalue weighted by molar-refractivity contribution is 5.83. The summed E-state index contributed by atoms with van der Waals surface area (Å²) in [5.74, 6) is 1.24. The lowest BCUT2D eigenvalue weighted by molar-refractivity contribution is -0.116. The Labute approximate surface area is 54.6 Å². The number of ketones is 1. The lowest BCUT2D eigenvalue weighted by Crippen LogP contribution is -2.22. The number of Topliss-reactive ketones (excluding diaryl/α,β-unsaturated/α-hetero) is 1. The molecule has 2 fully saturated rings. The van der Waals surface area contributed by atoms with Crippen molar-refractivity contribution in [1.82, 2.24) is 5.32 Å². The average Bonchev–Trinajstić information content (AvgIpc) is 2.58. The molecule has 1 saturated heterocycles. The molecule has 0 aromatic rings. The Morgan fingerprint density at radius 2 is 2.22 bits per heavy atom. The van der Waals surface area contributed by atoms with Gasteiger partial charge in [0.05, 0.1) is 6.54 Å². The van der Waals surface area contributed by atoms with Gasteiger partial charge in [-0.1, -0.05) is 0 Å². The van der Waals surface area contributed by atoms with Gasteiger partial charge in [0.2, 0.25) is 0 Å². The summed E-state index contributed by atoms with van der Waals surface area (Å²) in [5.41, 5.74) is 0. The molecule has 0 spiro atoms. The Balaban J connectivity index is 1.92. The second-order valence-electron chi connectivity index (χ2n) is 3.07. The van der Waals surface area contributed by atoms with Gasteiger partial charge in [-0.25, -0.2) is 0 Å². The minimum atomic E-state index is 0.395. The zero-order valence-electron chi connectivity index (χ0n) is 5.39. The van der Waals surface area contributed by atoms with Crippen LogP contribution >= 0.6 is 0 Å².